The number of nitro benzene ring substituents is 1. The van der Waals surface area contributed by atoms with Crippen LogP contribution in [0.3, 0.4) is 0 Å². The van der Waals surface area contributed by atoms with Crippen LogP contribution in [0.1, 0.15) is 0 Å². The van der Waals surface area contributed by atoms with E-state index in [-0.39, 0.29) is 5.69 Å². The number of ether oxygens (including phenoxy) is 2. The quantitative estimate of drug-likeness (QED) is 0.453. The van der Waals surface area contributed by atoms with E-state index in [2.05, 4.69) is 5.32 Å². The van der Waals surface area contributed by atoms with Crippen molar-refractivity contribution in [3.05, 3.63) is 28.3 Å². The maximum atomic E-state index is 10.8. The summed E-state index contributed by atoms with van der Waals surface area (Å²) in [6.45, 7) is 1.01. The second kappa shape index (κ2) is 5.92. The number of hydrogen-bond donors (Lipinski definition) is 1. The number of nitrogens with zero attached hydrogens (tertiary/aromatic N) is 1. The molecule has 0 aliphatic heterocycles. The van der Waals surface area contributed by atoms with E-state index in [9.17, 15) is 10.1 Å². The van der Waals surface area contributed by atoms with E-state index in [0.717, 1.165) is 0 Å². The van der Waals surface area contributed by atoms with Crippen molar-refractivity contribution in [2.24, 2.45) is 0 Å². The summed E-state index contributed by atoms with van der Waals surface area (Å²) in [5, 5.41) is 13.7. The molecule has 1 N–H and O–H groups in total. The Morgan fingerprint density at radius 2 is 2.19 bits per heavy atom. The Bertz CT molecular complexity index is 368. The summed E-state index contributed by atoms with van der Waals surface area (Å²) >= 11 is 0. The van der Waals surface area contributed by atoms with E-state index in [1.807, 2.05) is 0 Å². The average Bonchev–Trinajstić information content (AvgIpc) is 2.29. The van der Waals surface area contributed by atoms with Crippen LogP contribution < -0.4 is 10.1 Å². The fourth-order valence-corrected chi connectivity index (χ4v) is 1.23. The van der Waals surface area contributed by atoms with Gasteiger partial charge >= 0.3 is 0 Å². The molecule has 1 aromatic rings. The van der Waals surface area contributed by atoms with E-state index in [4.69, 9.17) is 9.47 Å². The lowest BCUT2D eigenvalue weighted by Crippen LogP contribution is -2.09. The number of methoxy groups -OCH3 is 2. The molecule has 6 heteroatoms. The lowest BCUT2D eigenvalue weighted by atomic mass is 10.2. The Balaban J connectivity index is 2.85. The summed E-state index contributed by atoms with van der Waals surface area (Å²) < 4.78 is 9.78. The molecule has 0 spiro atoms. The Kier molecular flexibility index (Phi) is 4.53. The fourth-order valence-electron chi connectivity index (χ4n) is 1.23. The maximum absolute atomic E-state index is 10.8. The number of rotatable bonds is 6. The van der Waals surface area contributed by atoms with Gasteiger partial charge in [0, 0.05) is 13.7 Å². The Hall–Kier alpha value is -1.82. The molecule has 0 saturated heterocycles. The van der Waals surface area contributed by atoms with Crippen LogP contribution >= 0.6 is 0 Å². The predicted molar refractivity (Wildman–Crippen MR) is 60.0 cm³/mol. The summed E-state index contributed by atoms with van der Waals surface area (Å²) in [5.74, 6) is 0.462. The van der Waals surface area contributed by atoms with Crippen molar-refractivity contribution in [2.45, 2.75) is 0 Å². The standard InChI is InChI=1S/C10H14N2O4/c1-15-6-5-11-9-4-3-8(16-2)7-10(9)12(13)14/h3-4,7,11H,5-6H2,1-2H3. The minimum atomic E-state index is -0.447. The van der Waals surface area contributed by atoms with Gasteiger partial charge in [0.2, 0.25) is 0 Å². The summed E-state index contributed by atoms with van der Waals surface area (Å²) in [7, 11) is 3.04. The van der Waals surface area contributed by atoms with Crippen molar-refractivity contribution in [3.8, 4) is 5.75 Å². The zero-order valence-corrected chi connectivity index (χ0v) is 9.23. The second-order valence-corrected chi connectivity index (χ2v) is 3.06. The minimum absolute atomic E-state index is 0.00421. The van der Waals surface area contributed by atoms with Crippen molar-refractivity contribution in [2.75, 3.05) is 32.7 Å². The number of hydrogen-bond acceptors (Lipinski definition) is 5. The monoisotopic (exact) mass is 226 g/mol. The third-order valence-corrected chi connectivity index (χ3v) is 2.02. The van der Waals surface area contributed by atoms with Crippen molar-refractivity contribution >= 4 is 11.4 Å². The normalized spacial score (nSPS) is 9.88. The molecule has 88 valence electrons. The fraction of sp³-hybridized carbons (Fsp3) is 0.400. The first-order valence-electron chi connectivity index (χ1n) is 4.74. The van der Waals surface area contributed by atoms with Gasteiger partial charge in [-0.3, -0.25) is 10.1 Å². The molecule has 0 saturated carbocycles. The summed E-state index contributed by atoms with van der Waals surface area (Å²) in [4.78, 5) is 10.4. The molecular weight excluding hydrogens is 212 g/mol. The molecule has 0 bridgehead atoms. The molecule has 0 aliphatic carbocycles. The first kappa shape index (κ1) is 12.3. The molecule has 0 radical (unpaired) electrons. The topological polar surface area (TPSA) is 73.6 Å². The number of nitro groups is 1. The van der Waals surface area contributed by atoms with Gasteiger partial charge in [0.05, 0.1) is 24.7 Å². The average molecular weight is 226 g/mol. The van der Waals surface area contributed by atoms with Gasteiger partial charge < -0.3 is 14.8 Å². The van der Waals surface area contributed by atoms with Gasteiger partial charge in [0.25, 0.3) is 5.69 Å². The zero-order chi connectivity index (χ0) is 12.0. The molecule has 0 aromatic heterocycles. The van der Waals surface area contributed by atoms with Gasteiger partial charge in [0.1, 0.15) is 11.4 Å². The highest BCUT2D eigenvalue weighted by atomic mass is 16.6. The summed E-state index contributed by atoms with van der Waals surface area (Å²) in [6, 6.07) is 4.67. The van der Waals surface area contributed by atoms with Crippen LogP contribution in [0.15, 0.2) is 18.2 Å². The van der Waals surface area contributed by atoms with E-state index in [1.54, 1.807) is 19.2 Å². The molecule has 0 atom stereocenters. The molecule has 0 amide bonds. The zero-order valence-electron chi connectivity index (χ0n) is 9.23. The molecule has 0 fully saturated rings. The van der Waals surface area contributed by atoms with Crippen LogP contribution in [0.4, 0.5) is 11.4 Å². The van der Waals surface area contributed by atoms with Gasteiger partial charge in [-0.1, -0.05) is 0 Å². The van der Waals surface area contributed by atoms with Gasteiger partial charge in [-0.2, -0.15) is 0 Å². The van der Waals surface area contributed by atoms with Crippen LogP contribution in [0, 0.1) is 10.1 Å². The van der Waals surface area contributed by atoms with Gasteiger partial charge in [-0.05, 0) is 12.1 Å². The largest absolute Gasteiger partial charge is 0.496 e. The minimum Gasteiger partial charge on any atom is -0.496 e. The molecule has 0 aliphatic rings. The molecule has 6 nitrogen and oxygen atoms in total. The van der Waals surface area contributed by atoms with Crippen molar-refractivity contribution in [3.63, 3.8) is 0 Å². The maximum Gasteiger partial charge on any atom is 0.296 e. The summed E-state index contributed by atoms with van der Waals surface area (Å²) in [5.41, 5.74) is 0.457. The van der Waals surface area contributed by atoms with Crippen molar-refractivity contribution in [1.29, 1.82) is 0 Å². The lowest BCUT2D eigenvalue weighted by Gasteiger charge is -2.07. The molecular formula is C10H14N2O4. The third-order valence-electron chi connectivity index (χ3n) is 2.02. The van der Waals surface area contributed by atoms with E-state index in [0.29, 0.717) is 24.6 Å². The molecule has 0 unspecified atom stereocenters. The lowest BCUT2D eigenvalue weighted by molar-refractivity contribution is -0.384. The highest BCUT2D eigenvalue weighted by Gasteiger charge is 2.14. The van der Waals surface area contributed by atoms with E-state index < -0.39 is 4.92 Å². The Morgan fingerprint density at radius 1 is 1.44 bits per heavy atom. The van der Waals surface area contributed by atoms with Gasteiger partial charge in [-0.15, -0.1) is 0 Å². The predicted octanol–water partition coefficient (Wildman–Crippen LogP) is 1.66. The van der Waals surface area contributed by atoms with Crippen molar-refractivity contribution in [1.82, 2.24) is 0 Å². The van der Waals surface area contributed by atoms with E-state index in [1.165, 1.54) is 13.2 Å². The Labute approximate surface area is 93.3 Å². The molecule has 1 rings (SSSR count). The first-order valence-corrected chi connectivity index (χ1v) is 4.74. The molecule has 1 aromatic carbocycles. The molecule has 16 heavy (non-hydrogen) atoms. The van der Waals surface area contributed by atoms with Crippen LogP contribution in [0.2, 0.25) is 0 Å². The van der Waals surface area contributed by atoms with E-state index >= 15 is 0 Å². The smallest absolute Gasteiger partial charge is 0.296 e. The van der Waals surface area contributed by atoms with Crippen LogP contribution in [0.5, 0.6) is 5.75 Å². The highest BCUT2D eigenvalue weighted by molar-refractivity contribution is 5.63. The van der Waals surface area contributed by atoms with Gasteiger partial charge in [-0.25, -0.2) is 0 Å². The first-order chi connectivity index (χ1) is 7.69. The van der Waals surface area contributed by atoms with Gasteiger partial charge in [0.15, 0.2) is 0 Å². The Morgan fingerprint density at radius 3 is 2.75 bits per heavy atom. The van der Waals surface area contributed by atoms with Crippen LogP contribution in [-0.2, 0) is 4.74 Å². The summed E-state index contributed by atoms with van der Waals surface area (Å²) in [6.07, 6.45) is 0. The number of anilines is 1. The van der Waals surface area contributed by atoms with Crippen LogP contribution in [0.25, 0.3) is 0 Å². The van der Waals surface area contributed by atoms with Crippen molar-refractivity contribution < 1.29 is 14.4 Å². The third kappa shape index (κ3) is 3.09. The van der Waals surface area contributed by atoms with Crippen LogP contribution in [-0.4, -0.2) is 32.3 Å². The SMILES string of the molecule is COCCNc1ccc(OC)cc1[N+](=O)[O-]. The number of nitrogens with one attached hydrogen (secondary N) is 1. The number of benzene rings is 1. The highest BCUT2D eigenvalue weighted by Crippen LogP contribution is 2.28. The molecule has 0 heterocycles. The second-order valence-electron chi connectivity index (χ2n) is 3.06.